The van der Waals surface area contributed by atoms with E-state index in [-0.39, 0.29) is 17.7 Å². The lowest BCUT2D eigenvalue weighted by atomic mass is 10.1. The number of nitrogens with one attached hydrogen (secondary N) is 1. The standard InChI is InChI=1S/C14H22N4O2/c1-14(2,3)17-13(19)18-8-4-5-11(9-18)20-12-6-7-15-10-16-12/h6-7,10-11H,4-5,8-9H2,1-3H3,(H,17,19)/t11-/m0/s1. The van der Waals surface area contributed by atoms with E-state index in [1.807, 2.05) is 20.8 Å². The van der Waals surface area contributed by atoms with Crippen molar-refractivity contribution in [1.29, 1.82) is 0 Å². The first-order valence-electron chi connectivity index (χ1n) is 6.94. The van der Waals surface area contributed by atoms with E-state index in [9.17, 15) is 4.79 Å². The molecule has 1 atom stereocenters. The summed E-state index contributed by atoms with van der Waals surface area (Å²) in [4.78, 5) is 21.9. The molecular formula is C14H22N4O2. The van der Waals surface area contributed by atoms with Crippen LogP contribution >= 0.6 is 0 Å². The van der Waals surface area contributed by atoms with E-state index in [0.29, 0.717) is 12.4 Å². The summed E-state index contributed by atoms with van der Waals surface area (Å²) in [6, 6.07) is 1.70. The second kappa shape index (κ2) is 6.07. The van der Waals surface area contributed by atoms with E-state index in [4.69, 9.17) is 4.74 Å². The van der Waals surface area contributed by atoms with Crippen LogP contribution in [0.2, 0.25) is 0 Å². The smallest absolute Gasteiger partial charge is 0.317 e. The first kappa shape index (κ1) is 14.6. The Labute approximate surface area is 119 Å². The van der Waals surface area contributed by atoms with Crippen molar-refractivity contribution in [1.82, 2.24) is 20.2 Å². The van der Waals surface area contributed by atoms with Gasteiger partial charge in [-0.25, -0.2) is 14.8 Å². The molecule has 0 aliphatic carbocycles. The number of urea groups is 1. The third-order valence-corrected chi connectivity index (χ3v) is 2.99. The van der Waals surface area contributed by atoms with Gasteiger partial charge in [-0.05, 0) is 33.6 Å². The third kappa shape index (κ3) is 4.36. The minimum atomic E-state index is -0.225. The molecule has 0 aromatic carbocycles. The summed E-state index contributed by atoms with van der Waals surface area (Å²) in [5, 5.41) is 2.98. The summed E-state index contributed by atoms with van der Waals surface area (Å²) in [5.74, 6) is 0.558. The summed E-state index contributed by atoms with van der Waals surface area (Å²) >= 11 is 0. The lowest BCUT2D eigenvalue weighted by Crippen LogP contribution is -2.53. The molecule has 1 saturated heterocycles. The summed E-state index contributed by atoms with van der Waals surface area (Å²) in [6.07, 6.45) is 4.97. The van der Waals surface area contributed by atoms with E-state index in [2.05, 4.69) is 15.3 Å². The molecule has 2 rings (SSSR count). The zero-order valence-electron chi connectivity index (χ0n) is 12.3. The molecule has 1 fully saturated rings. The number of ether oxygens (including phenoxy) is 1. The Bertz CT molecular complexity index is 444. The SMILES string of the molecule is CC(C)(C)NC(=O)N1CCC[C@H](Oc2ccncn2)C1. The van der Waals surface area contributed by atoms with Crippen molar-refractivity contribution in [3.63, 3.8) is 0 Å². The molecule has 1 N–H and O–H groups in total. The van der Waals surface area contributed by atoms with E-state index in [1.165, 1.54) is 6.33 Å². The van der Waals surface area contributed by atoms with E-state index in [1.54, 1.807) is 17.2 Å². The van der Waals surface area contributed by atoms with Crippen LogP contribution in [0.1, 0.15) is 33.6 Å². The average molecular weight is 278 g/mol. The Hall–Kier alpha value is -1.85. The molecule has 0 saturated carbocycles. The fourth-order valence-electron chi connectivity index (χ4n) is 2.14. The minimum Gasteiger partial charge on any atom is -0.472 e. The number of carbonyl (C=O) groups excluding carboxylic acids is 1. The highest BCUT2D eigenvalue weighted by atomic mass is 16.5. The molecule has 2 amide bonds. The molecule has 0 spiro atoms. The highest BCUT2D eigenvalue weighted by molar-refractivity contribution is 5.75. The maximum absolute atomic E-state index is 12.1. The second-order valence-corrected chi connectivity index (χ2v) is 6.06. The largest absolute Gasteiger partial charge is 0.472 e. The van der Waals surface area contributed by atoms with Crippen molar-refractivity contribution in [3.05, 3.63) is 18.6 Å². The molecule has 0 radical (unpaired) electrons. The van der Waals surface area contributed by atoms with Gasteiger partial charge in [0.15, 0.2) is 0 Å². The highest BCUT2D eigenvalue weighted by Crippen LogP contribution is 2.16. The maximum Gasteiger partial charge on any atom is 0.317 e. The molecule has 0 bridgehead atoms. The fraction of sp³-hybridized carbons (Fsp3) is 0.643. The number of piperidine rings is 1. The lowest BCUT2D eigenvalue weighted by molar-refractivity contribution is 0.0952. The number of nitrogens with zero attached hydrogens (tertiary/aromatic N) is 3. The molecule has 20 heavy (non-hydrogen) atoms. The van der Waals surface area contributed by atoms with Crippen molar-refractivity contribution >= 4 is 6.03 Å². The van der Waals surface area contributed by atoms with Gasteiger partial charge in [0.2, 0.25) is 5.88 Å². The van der Waals surface area contributed by atoms with Crippen LogP contribution in [0.3, 0.4) is 0 Å². The lowest BCUT2D eigenvalue weighted by Gasteiger charge is -2.34. The topological polar surface area (TPSA) is 67.4 Å². The molecule has 1 aliphatic rings. The fourth-order valence-corrected chi connectivity index (χ4v) is 2.14. The molecule has 110 valence electrons. The number of likely N-dealkylation sites (tertiary alicyclic amines) is 1. The number of hydrogen-bond acceptors (Lipinski definition) is 4. The molecule has 1 aromatic rings. The molecular weight excluding hydrogens is 256 g/mol. The van der Waals surface area contributed by atoms with Crippen molar-refractivity contribution in [2.75, 3.05) is 13.1 Å². The number of aromatic nitrogens is 2. The number of carbonyl (C=O) groups is 1. The molecule has 1 aliphatic heterocycles. The summed E-state index contributed by atoms with van der Waals surface area (Å²) in [5.41, 5.74) is -0.225. The second-order valence-electron chi connectivity index (χ2n) is 6.06. The normalized spacial score (nSPS) is 19.6. The van der Waals surface area contributed by atoms with Crippen LogP contribution in [-0.4, -0.2) is 45.6 Å². The highest BCUT2D eigenvalue weighted by Gasteiger charge is 2.27. The zero-order chi connectivity index (χ0) is 14.6. The van der Waals surface area contributed by atoms with Crippen LogP contribution in [0.5, 0.6) is 5.88 Å². The quantitative estimate of drug-likeness (QED) is 0.896. The molecule has 1 aromatic heterocycles. The predicted octanol–water partition coefficient (Wildman–Crippen LogP) is 1.83. The summed E-state index contributed by atoms with van der Waals surface area (Å²) in [6.45, 7) is 7.29. The molecule has 6 heteroatoms. The Kier molecular flexibility index (Phi) is 4.42. The van der Waals surface area contributed by atoms with Gasteiger partial charge in [-0.15, -0.1) is 0 Å². The summed E-state index contributed by atoms with van der Waals surface area (Å²) < 4.78 is 5.79. The van der Waals surface area contributed by atoms with Gasteiger partial charge in [0.1, 0.15) is 12.4 Å². The number of rotatable bonds is 2. The van der Waals surface area contributed by atoms with Gasteiger partial charge in [0.05, 0.1) is 6.54 Å². The monoisotopic (exact) mass is 278 g/mol. The van der Waals surface area contributed by atoms with E-state index < -0.39 is 0 Å². The van der Waals surface area contributed by atoms with Gasteiger partial charge < -0.3 is 15.0 Å². The number of hydrogen-bond donors (Lipinski definition) is 1. The maximum atomic E-state index is 12.1. The van der Waals surface area contributed by atoms with Gasteiger partial charge in [0.25, 0.3) is 0 Å². The van der Waals surface area contributed by atoms with Crippen molar-refractivity contribution in [3.8, 4) is 5.88 Å². The summed E-state index contributed by atoms with van der Waals surface area (Å²) in [7, 11) is 0. The van der Waals surface area contributed by atoms with E-state index >= 15 is 0 Å². The zero-order valence-corrected chi connectivity index (χ0v) is 12.3. The van der Waals surface area contributed by atoms with Crippen LogP contribution in [0.15, 0.2) is 18.6 Å². The van der Waals surface area contributed by atoms with Crippen LogP contribution < -0.4 is 10.1 Å². The van der Waals surface area contributed by atoms with Crippen molar-refractivity contribution < 1.29 is 9.53 Å². The van der Waals surface area contributed by atoms with Gasteiger partial charge >= 0.3 is 6.03 Å². The Morgan fingerprint density at radius 3 is 2.95 bits per heavy atom. The van der Waals surface area contributed by atoms with Crippen LogP contribution in [0.25, 0.3) is 0 Å². The first-order chi connectivity index (χ1) is 9.44. The van der Waals surface area contributed by atoms with Gasteiger partial charge in [0, 0.05) is 24.3 Å². The molecule has 6 nitrogen and oxygen atoms in total. The Morgan fingerprint density at radius 2 is 2.30 bits per heavy atom. The number of amides is 2. The predicted molar refractivity (Wildman–Crippen MR) is 75.5 cm³/mol. The first-order valence-corrected chi connectivity index (χ1v) is 6.94. The Balaban J connectivity index is 1.90. The molecule has 2 heterocycles. The Morgan fingerprint density at radius 1 is 1.50 bits per heavy atom. The van der Waals surface area contributed by atoms with Gasteiger partial charge in [-0.3, -0.25) is 0 Å². The van der Waals surface area contributed by atoms with Crippen molar-refractivity contribution in [2.24, 2.45) is 0 Å². The van der Waals surface area contributed by atoms with Crippen LogP contribution in [-0.2, 0) is 0 Å². The third-order valence-electron chi connectivity index (χ3n) is 2.99. The van der Waals surface area contributed by atoms with Gasteiger partial charge in [-0.1, -0.05) is 0 Å². The molecule has 0 unspecified atom stereocenters. The average Bonchev–Trinajstić information content (AvgIpc) is 2.38. The van der Waals surface area contributed by atoms with Crippen LogP contribution in [0.4, 0.5) is 4.79 Å². The van der Waals surface area contributed by atoms with Crippen LogP contribution in [0, 0.1) is 0 Å². The van der Waals surface area contributed by atoms with Gasteiger partial charge in [-0.2, -0.15) is 0 Å². The van der Waals surface area contributed by atoms with E-state index in [0.717, 1.165) is 19.4 Å². The minimum absolute atomic E-state index is 0.00984. The van der Waals surface area contributed by atoms with Crippen molar-refractivity contribution in [2.45, 2.75) is 45.3 Å².